The van der Waals surface area contributed by atoms with E-state index in [0.29, 0.717) is 17.7 Å². The van der Waals surface area contributed by atoms with Gasteiger partial charge in [-0.2, -0.15) is 0 Å². The van der Waals surface area contributed by atoms with Crippen LogP contribution in [0.15, 0.2) is 22.1 Å². The highest BCUT2D eigenvalue weighted by atomic mass is 79.9. The van der Waals surface area contributed by atoms with Crippen LogP contribution in [0.5, 0.6) is 0 Å². The summed E-state index contributed by atoms with van der Waals surface area (Å²) in [5.74, 6) is 0.570. The van der Waals surface area contributed by atoms with E-state index < -0.39 is 0 Å². The zero-order chi connectivity index (χ0) is 15.3. The van der Waals surface area contributed by atoms with Gasteiger partial charge in [0.05, 0.1) is 3.79 Å². The third-order valence-corrected chi connectivity index (χ3v) is 6.68. The molecule has 0 radical (unpaired) electrons. The highest BCUT2D eigenvalue weighted by molar-refractivity contribution is 9.11. The number of amides is 1. The smallest absolute Gasteiger partial charge is 0.270 e. The molecule has 5 rings (SSSR count). The summed E-state index contributed by atoms with van der Waals surface area (Å²) in [5.41, 5.74) is 0.519. The summed E-state index contributed by atoms with van der Waals surface area (Å²) in [5, 5.41) is 4.31. The van der Waals surface area contributed by atoms with Gasteiger partial charge in [0.1, 0.15) is 5.69 Å². The van der Waals surface area contributed by atoms with Crippen molar-refractivity contribution in [2.75, 3.05) is 13.1 Å². The zero-order valence-corrected chi connectivity index (χ0v) is 14.8. The molecular weight excluding hydrogens is 362 g/mol. The standard InChI is InChI=1S/C16H18BrN3OS/c1-9-15(10-2-4-20(9)5-3-10)19-16(21)12-7-13-11(8-18-12)6-14(17)22-13/h6-10,15H,2-5H2,1H3,(H,19,21)/t9-,15-/m0/s1. The first-order valence-corrected chi connectivity index (χ1v) is 9.33. The van der Waals surface area contributed by atoms with Crippen LogP contribution >= 0.6 is 27.3 Å². The average molecular weight is 380 g/mol. The first-order chi connectivity index (χ1) is 10.6. The molecule has 116 valence electrons. The van der Waals surface area contributed by atoms with Crippen LogP contribution in [0.3, 0.4) is 0 Å². The van der Waals surface area contributed by atoms with Crippen LogP contribution in [0.4, 0.5) is 0 Å². The molecular formula is C16H18BrN3OS. The maximum Gasteiger partial charge on any atom is 0.270 e. The van der Waals surface area contributed by atoms with Crippen molar-refractivity contribution in [2.24, 2.45) is 5.92 Å². The molecule has 0 unspecified atom stereocenters. The van der Waals surface area contributed by atoms with E-state index in [9.17, 15) is 4.79 Å². The molecule has 0 aromatic carbocycles. The maximum absolute atomic E-state index is 12.6. The summed E-state index contributed by atoms with van der Waals surface area (Å²) in [6.45, 7) is 4.57. The molecule has 0 spiro atoms. The predicted molar refractivity (Wildman–Crippen MR) is 92.3 cm³/mol. The Kier molecular flexibility index (Phi) is 3.71. The normalized spacial score (nSPS) is 30.6. The minimum Gasteiger partial charge on any atom is -0.346 e. The minimum atomic E-state index is -0.0444. The lowest BCUT2D eigenvalue weighted by Gasteiger charge is -2.49. The van der Waals surface area contributed by atoms with E-state index in [1.54, 1.807) is 17.5 Å². The molecule has 3 aliphatic heterocycles. The molecule has 2 atom stereocenters. The number of hydrogen-bond donors (Lipinski definition) is 1. The van der Waals surface area contributed by atoms with Gasteiger partial charge in [0.25, 0.3) is 5.91 Å². The van der Waals surface area contributed by atoms with E-state index in [2.05, 4.69) is 38.1 Å². The molecule has 1 amide bonds. The summed E-state index contributed by atoms with van der Waals surface area (Å²) in [7, 11) is 0. The van der Waals surface area contributed by atoms with Crippen LogP contribution in [-0.2, 0) is 0 Å². The summed E-state index contributed by atoms with van der Waals surface area (Å²) in [4.78, 5) is 19.4. The molecule has 4 nitrogen and oxygen atoms in total. The first-order valence-electron chi connectivity index (χ1n) is 7.72. The van der Waals surface area contributed by atoms with Crippen molar-refractivity contribution in [1.29, 1.82) is 0 Å². The van der Waals surface area contributed by atoms with E-state index in [-0.39, 0.29) is 11.9 Å². The quantitative estimate of drug-likeness (QED) is 0.870. The lowest BCUT2D eigenvalue weighted by Crippen LogP contribution is -2.62. The van der Waals surface area contributed by atoms with Crippen molar-refractivity contribution >= 4 is 43.3 Å². The summed E-state index contributed by atoms with van der Waals surface area (Å²) in [6.07, 6.45) is 4.17. The summed E-state index contributed by atoms with van der Waals surface area (Å²) in [6, 6.07) is 4.61. The highest BCUT2D eigenvalue weighted by Crippen LogP contribution is 2.33. The van der Waals surface area contributed by atoms with Gasteiger partial charge in [-0.25, -0.2) is 0 Å². The number of piperidine rings is 3. The van der Waals surface area contributed by atoms with Crippen LogP contribution in [0.1, 0.15) is 30.3 Å². The van der Waals surface area contributed by atoms with Crippen LogP contribution in [-0.4, -0.2) is 41.0 Å². The molecule has 2 aromatic heterocycles. The number of fused-ring (bicyclic) bond motifs is 4. The maximum atomic E-state index is 12.6. The second-order valence-corrected chi connectivity index (χ2v) is 8.73. The molecule has 1 N–H and O–H groups in total. The van der Waals surface area contributed by atoms with E-state index in [0.717, 1.165) is 13.9 Å². The molecule has 0 aliphatic carbocycles. The van der Waals surface area contributed by atoms with Crippen LogP contribution in [0.25, 0.3) is 10.1 Å². The fourth-order valence-electron chi connectivity index (χ4n) is 3.80. The third kappa shape index (κ3) is 2.47. The van der Waals surface area contributed by atoms with Crippen molar-refractivity contribution in [1.82, 2.24) is 15.2 Å². The SMILES string of the molecule is C[C@H]1[C@H](NC(=O)c2cc3sc(Br)cc3cn2)C2CCN1CC2. The van der Waals surface area contributed by atoms with Crippen LogP contribution in [0, 0.1) is 5.92 Å². The monoisotopic (exact) mass is 379 g/mol. The van der Waals surface area contributed by atoms with Gasteiger partial charge in [0.15, 0.2) is 0 Å². The number of halogens is 1. The first kappa shape index (κ1) is 14.6. The van der Waals surface area contributed by atoms with Crippen molar-refractivity contribution in [2.45, 2.75) is 31.8 Å². The number of carbonyl (C=O) groups is 1. The van der Waals surface area contributed by atoms with Crippen molar-refractivity contribution in [3.05, 3.63) is 27.8 Å². The number of rotatable bonds is 2. The van der Waals surface area contributed by atoms with E-state index in [1.807, 2.05) is 12.1 Å². The molecule has 0 saturated carbocycles. The average Bonchev–Trinajstić information content (AvgIpc) is 2.90. The third-order valence-electron chi connectivity index (χ3n) is 5.08. The van der Waals surface area contributed by atoms with Gasteiger partial charge in [0.2, 0.25) is 0 Å². The fourth-order valence-corrected chi connectivity index (χ4v) is 5.36. The van der Waals surface area contributed by atoms with Crippen molar-refractivity contribution < 1.29 is 4.79 Å². The van der Waals surface area contributed by atoms with Crippen LogP contribution < -0.4 is 5.32 Å². The summed E-state index contributed by atoms with van der Waals surface area (Å²) >= 11 is 5.11. The molecule has 3 aliphatic rings. The molecule has 22 heavy (non-hydrogen) atoms. The fraction of sp³-hybridized carbons (Fsp3) is 0.500. The molecule has 3 saturated heterocycles. The van der Waals surface area contributed by atoms with Gasteiger partial charge in [0, 0.05) is 28.4 Å². The topological polar surface area (TPSA) is 45.2 Å². The van der Waals surface area contributed by atoms with E-state index in [1.165, 1.54) is 25.9 Å². The van der Waals surface area contributed by atoms with Gasteiger partial charge in [-0.1, -0.05) is 0 Å². The Hall–Kier alpha value is -0.980. The second kappa shape index (κ2) is 5.58. The number of hydrogen-bond acceptors (Lipinski definition) is 4. The number of thiophene rings is 1. The number of aromatic nitrogens is 1. The van der Waals surface area contributed by atoms with Gasteiger partial charge in [-0.05, 0) is 66.8 Å². The lowest BCUT2D eigenvalue weighted by atomic mass is 9.79. The Morgan fingerprint density at radius 2 is 2.18 bits per heavy atom. The molecule has 6 heteroatoms. The second-order valence-electron chi connectivity index (χ2n) is 6.27. The van der Waals surface area contributed by atoms with E-state index in [4.69, 9.17) is 0 Å². The Balaban J connectivity index is 1.55. The van der Waals surface area contributed by atoms with Gasteiger partial charge < -0.3 is 5.32 Å². The lowest BCUT2D eigenvalue weighted by molar-refractivity contribution is 0.0216. The Morgan fingerprint density at radius 1 is 1.41 bits per heavy atom. The Bertz CT molecular complexity index is 721. The minimum absolute atomic E-state index is 0.0444. The van der Waals surface area contributed by atoms with Crippen molar-refractivity contribution in [3.8, 4) is 0 Å². The molecule has 3 fully saturated rings. The predicted octanol–water partition coefficient (Wildman–Crippen LogP) is 3.27. The van der Waals surface area contributed by atoms with Gasteiger partial charge in [-0.3, -0.25) is 14.7 Å². The largest absolute Gasteiger partial charge is 0.346 e. The van der Waals surface area contributed by atoms with Crippen LogP contribution in [0.2, 0.25) is 0 Å². The molecule has 2 bridgehead atoms. The Morgan fingerprint density at radius 3 is 2.91 bits per heavy atom. The van der Waals surface area contributed by atoms with Gasteiger partial charge in [-0.15, -0.1) is 11.3 Å². The molecule has 2 aromatic rings. The number of carbonyl (C=O) groups excluding carboxylic acids is 1. The number of nitrogens with zero attached hydrogens (tertiary/aromatic N) is 2. The van der Waals surface area contributed by atoms with E-state index >= 15 is 0 Å². The number of pyridine rings is 1. The zero-order valence-electron chi connectivity index (χ0n) is 12.4. The van der Waals surface area contributed by atoms with Crippen molar-refractivity contribution in [3.63, 3.8) is 0 Å². The highest BCUT2D eigenvalue weighted by Gasteiger charge is 2.40. The Labute approximate surface area is 142 Å². The number of nitrogens with one attached hydrogen (secondary N) is 1. The molecule has 5 heterocycles. The summed E-state index contributed by atoms with van der Waals surface area (Å²) < 4.78 is 2.15. The van der Waals surface area contributed by atoms with Gasteiger partial charge >= 0.3 is 0 Å².